The molecule has 2 aromatic rings. The molecule has 0 saturated carbocycles. The summed E-state index contributed by atoms with van der Waals surface area (Å²) in [5.74, 6) is 0.379. The summed E-state index contributed by atoms with van der Waals surface area (Å²) >= 11 is 0. The van der Waals surface area contributed by atoms with Gasteiger partial charge in [-0.05, 0) is 30.2 Å². The third kappa shape index (κ3) is 5.97. The van der Waals surface area contributed by atoms with Gasteiger partial charge in [-0.25, -0.2) is 4.39 Å². The normalized spacial score (nSPS) is 10.3. The van der Waals surface area contributed by atoms with Crippen LogP contribution >= 0.6 is 0 Å². The fraction of sp³-hybridized carbons (Fsp3) is 0.333. The highest BCUT2D eigenvalue weighted by Gasteiger charge is 2.14. The highest BCUT2D eigenvalue weighted by atomic mass is 19.1. The van der Waals surface area contributed by atoms with Gasteiger partial charge < -0.3 is 19.7 Å². The standard InChI is InChI=1S/C21H25FN2O4/c1-15(25)24(12-10-16-6-4-5-7-18(16)22)13-11-21(26)23-19-14-17(27-2)8-9-20(19)28-3/h4-9,14H,10-13H2,1-3H3,(H,23,26). The van der Waals surface area contributed by atoms with Gasteiger partial charge in [-0.2, -0.15) is 0 Å². The molecule has 0 aliphatic carbocycles. The Morgan fingerprint density at radius 1 is 1.07 bits per heavy atom. The summed E-state index contributed by atoms with van der Waals surface area (Å²) in [7, 11) is 3.05. The number of nitrogens with zero attached hydrogens (tertiary/aromatic N) is 1. The topological polar surface area (TPSA) is 67.9 Å². The third-order valence-electron chi connectivity index (χ3n) is 4.34. The molecule has 28 heavy (non-hydrogen) atoms. The number of carbonyl (C=O) groups excluding carboxylic acids is 2. The average molecular weight is 388 g/mol. The van der Waals surface area contributed by atoms with Crippen LogP contribution in [0.5, 0.6) is 11.5 Å². The van der Waals surface area contributed by atoms with Crippen molar-refractivity contribution in [3.8, 4) is 11.5 Å². The summed E-state index contributed by atoms with van der Waals surface area (Å²) in [6.45, 7) is 2.01. The maximum absolute atomic E-state index is 13.7. The minimum absolute atomic E-state index is 0.108. The Hall–Kier alpha value is -3.09. The average Bonchev–Trinajstić information content (AvgIpc) is 2.68. The molecule has 6 nitrogen and oxygen atoms in total. The number of carbonyl (C=O) groups is 2. The molecule has 0 atom stereocenters. The summed E-state index contributed by atoms with van der Waals surface area (Å²) in [5, 5.41) is 2.77. The maximum Gasteiger partial charge on any atom is 0.226 e. The number of methoxy groups -OCH3 is 2. The third-order valence-corrected chi connectivity index (χ3v) is 4.34. The summed E-state index contributed by atoms with van der Waals surface area (Å²) in [5.41, 5.74) is 1.03. The SMILES string of the molecule is COc1ccc(OC)c(NC(=O)CCN(CCc2ccccc2F)C(C)=O)c1. The Morgan fingerprint density at radius 2 is 1.82 bits per heavy atom. The molecule has 2 rings (SSSR count). The van der Waals surface area contributed by atoms with Crippen molar-refractivity contribution in [2.24, 2.45) is 0 Å². The highest BCUT2D eigenvalue weighted by molar-refractivity contribution is 5.93. The molecule has 0 spiro atoms. The Balaban J connectivity index is 1.93. The first-order chi connectivity index (χ1) is 13.4. The molecule has 0 aromatic heterocycles. The minimum Gasteiger partial charge on any atom is -0.497 e. The van der Waals surface area contributed by atoms with Crippen LogP contribution in [-0.4, -0.2) is 44.0 Å². The van der Waals surface area contributed by atoms with E-state index in [2.05, 4.69) is 5.32 Å². The lowest BCUT2D eigenvalue weighted by Crippen LogP contribution is -2.33. The molecule has 150 valence electrons. The Morgan fingerprint density at radius 3 is 2.46 bits per heavy atom. The van der Waals surface area contributed by atoms with E-state index in [1.807, 2.05) is 0 Å². The largest absolute Gasteiger partial charge is 0.497 e. The molecule has 0 saturated heterocycles. The van der Waals surface area contributed by atoms with Gasteiger partial charge in [0, 0.05) is 32.5 Å². The second kappa shape index (κ2) is 10.3. The highest BCUT2D eigenvalue weighted by Crippen LogP contribution is 2.28. The number of hydrogen-bond donors (Lipinski definition) is 1. The lowest BCUT2D eigenvalue weighted by Gasteiger charge is -2.21. The first kappa shape index (κ1) is 21.2. The van der Waals surface area contributed by atoms with Crippen molar-refractivity contribution < 1.29 is 23.5 Å². The molecule has 1 N–H and O–H groups in total. The fourth-order valence-corrected chi connectivity index (χ4v) is 2.74. The Labute approximate surface area is 164 Å². The van der Waals surface area contributed by atoms with E-state index in [4.69, 9.17) is 9.47 Å². The Bertz CT molecular complexity index is 826. The van der Waals surface area contributed by atoms with E-state index in [1.54, 1.807) is 36.4 Å². The van der Waals surface area contributed by atoms with Crippen molar-refractivity contribution in [2.45, 2.75) is 19.8 Å². The van der Waals surface area contributed by atoms with Gasteiger partial charge in [0.25, 0.3) is 0 Å². The van der Waals surface area contributed by atoms with Gasteiger partial charge in [0.2, 0.25) is 11.8 Å². The predicted molar refractivity (Wildman–Crippen MR) is 105 cm³/mol. The molecule has 0 bridgehead atoms. The number of anilines is 1. The molecule has 0 radical (unpaired) electrons. The minimum atomic E-state index is -0.297. The van der Waals surface area contributed by atoms with Crippen LogP contribution in [0.3, 0.4) is 0 Å². The van der Waals surface area contributed by atoms with E-state index in [0.717, 1.165) is 0 Å². The molecule has 0 unspecified atom stereocenters. The van der Waals surface area contributed by atoms with Crippen LogP contribution in [-0.2, 0) is 16.0 Å². The van der Waals surface area contributed by atoms with Crippen molar-refractivity contribution in [1.82, 2.24) is 4.90 Å². The van der Waals surface area contributed by atoms with E-state index in [-0.39, 0.29) is 30.6 Å². The predicted octanol–water partition coefficient (Wildman–Crippen LogP) is 3.26. The molecule has 0 aliphatic heterocycles. The van der Waals surface area contributed by atoms with Crippen LogP contribution in [0, 0.1) is 5.82 Å². The Kier molecular flexibility index (Phi) is 7.80. The van der Waals surface area contributed by atoms with Gasteiger partial charge in [0.1, 0.15) is 17.3 Å². The van der Waals surface area contributed by atoms with E-state index in [9.17, 15) is 14.0 Å². The first-order valence-electron chi connectivity index (χ1n) is 8.95. The van der Waals surface area contributed by atoms with Crippen LogP contribution < -0.4 is 14.8 Å². The van der Waals surface area contributed by atoms with E-state index in [1.165, 1.54) is 32.1 Å². The van der Waals surface area contributed by atoms with Gasteiger partial charge >= 0.3 is 0 Å². The lowest BCUT2D eigenvalue weighted by atomic mass is 10.1. The lowest BCUT2D eigenvalue weighted by molar-refractivity contribution is -0.129. The summed E-state index contributed by atoms with van der Waals surface area (Å²) in [6.07, 6.45) is 0.495. The maximum atomic E-state index is 13.7. The number of amides is 2. The number of rotatable bonds is 9. The second-order valence-corrected chi connectivity index (χ2v) is 6.21. The molecule has 0 aliphatic rings. The van der Waals surface area contributed by atoms with Crippen LogP contribution in [0.4, 0.5) is 10.1 Å². The van der Waals surface area contributed by atoms with Crippen LogP contribution in [0.25, 0.3) is 0 Å². The van der Waals surface area contributed by atoms with Crippen LogP contribution in [0.1, 0.15) is 18.9 Å². The summed E-state index contributed by atoms with van der Waals surface area (Å²) in [4.78, 5) is 25.7. The zero-order valence-corrected chi connectivity index (χ0v) is 16.3. The smallest absolute Gasteiger partial charge is 0.226 e. The second-order valence-electron chi connectivity index (χ2n) is 6.21. The van der Waals surface area contributed by atoms with E-state index < -0.39 is 0 Å². The van der Waals surface area contributed by atoms with Gasteiger partial charge in [0.15, 0.2) is 0 Å². The van der Waals surface area contributed by atoms with Crippen molar-refractivity contribution in [1.29, 1.82) is 0 Å². The quantitative estimate of drug-likeness (QED) is 0.716. The van der Waals surface area contributed by atoms with Crippen LogP contribution in [0.2, 0.25) is 0 Å². The molecular weight excluding hydrogens is 363 g/mol. The molecule has 0 fully saturated rings. The number of nitrogens with one attached hydrogen (secondary N) is 1. The number of ether oxygens (including phenoxy) is 2. The number of benzene rings is 2. The summed E-state index contributed by atoms with van der Waals surface area (Å²) in [6, 6.07) is 11.6. The van der Waals surface area contributed by atoms with Gasteiger partial charge in [-0.15, -0.1) is 0 Å². The van der Waals surface area contributed by atoms with Gasteiger partial charge in [-0.3, -0.25) is 9.59 Å². The zero-order valence-electron chi connectivity index (χ0n) is 16.3. The van der Waals surface area contributed by atoms with Crippen molar-refractivity contribution in [2.75, 3.05) is 32.6 Å². The monoisotopic (exact) mass is 388 g/mol. The van der Waals surface area contributed by atoms with Gasteiger partial charge in [-0.1, -0.05) is 18.2 Å². The fourth-order valence-electron chi connectivity index (χ4n) is 2.74. The van der Waals surface area contributed by atoms with Crippen molar-refractivity contribution in [3.05, 3.63) is 53.8 Å². The van der Waals surface area contributed by atoms with Crippen molar-refractivity contribution in [3.63, 3.8) is 0 Å². The molecule has 2 amide bonds. The van der Waals surface area contributed by atoms with Crippen molar-refractivity contribution >= 4 is 17.5 Å². The van der Waals surface area contributed by atoms with Gasteiger partial charge in [0.05, 0.1) is 19.9 Å². The number of halogens is 1. The van der Waals surface area contributed by atoms with Crippen LogP contribution in [0.15, 0.2) is 42.5 Å². The van der Waals surface area contributed by atoms with E-state index >= 15 is 0 Å². The molecule has 0 heterocycles. The summed E-state index contributed by atoms with van der Waals surface area (Å²) < 4.78 is 24.1. The zero-order chi connectivity index (χ0) is 20.5. The number of hydrogen-bond acceptors (Lipinski definition) is 4. The first-order valence-corrected chi connectivity index (χ1v) is 8.95. The van der Waals surface area contributed by atoms with E-state index in [0.29, 0.717) is 35.7 Å². The molecule has 7 heteroatoms. The molecule has 2 aromatic carbocycles. The molecular formula is C21H25FN2O4.